The topological polar surface area (TPSA) is 54.4 Å². The van der Waals surface area contributed by atoms with Gasteiger partial charge >= 0.3 is 5.97 Å². The standard InChI is InChI=1S/C15H18O3/c1-10-5-6-11(15(2,3)4)9-12(10)13(16)7-8-14(17)18/h5-9H,1-4H3,(H,17,18)/b8-7+. The number of carboxylic acid groups (broad SMARTS) is 1. The van der Waals surface area contributed by atoms with Gasteiger partial charge in [0.15, 0.2) is 5.78 Å². The number of hydrogen-bond donors (Lipinski definition) is 1. The van der Waals surface area contributed by atoms with Crippen LogP contribution in [0.4, 0.5) is 0 Å². The fraction of sp³-hybridized carbons (Fsp3) is 0.333. The number of ketones is 1. The minimum absolute atomic E-state index is 0.0424. The van der Waals surface area contributed by atoms with Gasteiger partial charge in [0, 0.05) is 11.6 Å². The van der Waals surface area contributed by atoms with E-state index in [2.05, 4.69) is 20.8 Å². The summed E-state index contributed by atoms with van der Waals surface area (Å²) in [5.74, 6) is -1.39. The molecule has 0 spiro atoms. The van der Waals surface area contributed by atoms with Crippen LogP contribution in [0.1, 0.15) is 42.3 Å². The van der Waals surface area contributed by atoms with Gasteiger partial charge in [0.25, 0.3) is 0 Å². The minimum Gasteiger partial charge on any atom is -0.478 e. The van der Waals surface area contributed by atoms with Crippen LogP contribution in [-0.4, -0.2) is 16.9 Å². The molecule has 0 aliphatic carbocycles. The van der Waals surface area contributed by atoms with Gasteiger partial charge in [-0.15, -0.1) is 0 Å². The fourth-order valence-electron chi connectivity index (χ4n) is 1.59. The van der Waals surface area contributed by atoms with Crippen molar-refractivity contribution in [3.8, 4) is 0 Å². The number of hydrogen-bond acceptors (Lipinski definition) is 2. The monoisotopic (exact) mass is 246 g/mol. The molecular weight excluding hydrogens is 228 g/mol. The summed E-state index contributed by atoms with van der Waals surface area (Å²) >= 11 is 0. The number of rotatable bonds is 3. The van der Waals surface area contributed by atoms with Crippen LogP contribution in [0.3, 0.4) is 0 Å². The molecule has 0 radical (unpaired) electrons. The lowest BCUT2D eigenvalue weighted by atomic mass is 9.85. The van der Waals surface area contributed by atoms with Gasteiger partial charge in [-0.2, -0.15) is 0 Å². The number of benzene rings is 1. The Bertz CT molecular complexity index is 505. The van der Waals surface area contributed by atoms with Gasteiger partial charge in [-0.1, -0.05) is 32.9 Å². The number of aryl methyl sites for hydroxylation is 1. The van der Waals surface area contributed by atoms with Crippen molar-refractivity contribution in [2.45, 2.75) is 33.1 Å². The van der Waals surface area contributed by atoms with Crippen LogP contribution < -0.4 is 0 Å². The van der Waals surface area contributed by atoms with Crippen LogP contribution in [0.25, 0.3) is 0 Å². The second-order valence-corrected chi connectivity index (χ2v) is 5.32. The molecule has 0 aromatic heterocycles. The molecule has 0 atom stereocenters. The SMILES string of the molecule is Cc1ccc(C(C)(C)C)cc1C(=O)/C=C/C(=O)O. The summed E-state index contributed by atoms with van der Waals surface area (Å²) in [6.45, 7) is 8.05. The third-order valence-corrected chi connectivity index (χ3v) is 2.75. The molecule has 0 aliphatic rings. The molecule has 0 saturated heterocycles. The summed E-state index contributed by atoms with van der Waals surface area (Å²) in [4.78, 5) is 22.3. The van der Waals surface area contributed by atoms with Gasteiger partial charge in [0.1, 0.15) is 0 Å². The molecule has 0 saturated carbocycles. The smallest absolute Gasteiger partial charge is 0.328 e. The van der Waals surface area contributed by atoms with E-state index >= 15 is 0 Å². The largest absolute Gasteiger partial charge is 0.478 e. The lowest BCUT2D eigenvalue weighted by Crippen LogP contribution is -2.12. The number of carbonyl (C=O) groups excluding carboxylic acids is 1. The van der Waals surface area contributed by atoms with Crippen molar-refractivity contribution in [3.05, 3.63) is 47.0 Å². The van der Waals surface area contributed by atoms with Crippen LogP contribution in [0.15, 0.2) is 30.4 Å². The molecular formula is C15H18O3. The Balaban J connectivity index is 3.16. The van der Waals surface area contributed by atoms with Gasteiger partial charge in [-0.05, 0) is 35.6 Å². The predicted molar refractivity (Wildman–Crippen MR) is 71.0 cm³/mol. The normalized spacial score (nSPS) is 11.8. The van der Waals surface area contributed by atoms with Gasteiger partial charge in [0.2, 0.25) is 0 Å². The third-order valence-electron chi connectivity index (χ3n) is 2.75. The van der Waals surface area contributed by atoms with Crippen LogP contribution in [-0.2, 0) is 10.2 Å². The average molecular weight is 246 g/mol. The average Bonchev–Trinajstić information content (AvgIpc) is 2.24. The lowest BCUT2D eigenvalue weighted by Gasteiger charge is -2.20. The van der Waals surface area contributed by atoms with Crippen molar-refractivity contribution < 1.29 is 14.7 Å². The Labute approximate surface area is 107 Å². The van der Waals surface area contributed by atoms with Crippen molar-refractivity contribution in [1.29, 1.82) is 0 Å². The first kappa shape index (κ1) is 14.2. The quantitative estimate of drug-likeness (QED) is 0.658. The van der Waals surface area contributed by atoms with Crippen LogP contribution >= 0.6 is 0 Å². The van der Waals surface area contributed by atoms with E-state index in [1.807, 2.05) is 25.1 Å². The predicted octanol–water partition coefficient (Wildman–Crippen LogP) is 3.12. The number of carboxylic acids is 1. The van der Waals surface area contributed by atoms with E-state index in [1.165, 1.54) is 0 Å². The maximum Gasteiger partial charge on any atom is 0.328 e. The first-order valence-corrected chi connectivity index (χ1v) is 5.78. The van der Waals surface area contributed by atoms with Gasteiger partial charge in [-0.25, -0.2) is 4.79 Å². The van der Waals surface area contributed by atoms with Crippen molar-refractivity contribution in [2.75, 3.05) is 0 Å². The van der Waals surface area contributed by atoms with E-state index in [9.17, 15) is 9.59 Å². The number of allylic oxidation sites excluding steroid dienone is 1. The molecule has 0 unspecified atom stereocenters. The zero-order chi connectivity index (χ0) is 13.9. The second-order valence-electron chi connectivity index (χ2n) is 5.32. The van der Waals surface area contributed by atoms with Crippen LogP contribution in [0, 0.1) is 6.92 Å². The Hall–Kier alpha value is -1.90. The molecule has 1 aromatic carbocycles. The van der Waals surface area contributed by atoms with Gasteiger partial charge in [0.05, 0.1) is 0 Å². The van der Waals surface area contributed by atoms with Crippen molar-refractivity contribution in [2.24, 2.45) is 0 Å². The molecule has 0 heterocycles. The molecule has 18 heavy (non-hydrogen) atoms. The molecule has 0 bridgehead atoms. The molecule has 0 amide bonds. The number of carbonyl (C=O) groups is 2. The molecule has 1 rings (SSSR count). The summed E-state index contributed by atoms with van der Waals surface area (Å²) in [6.07, 6.45) is 1.96. The van der Waals surface area contributed by atoms with Crippen molar-refractivity contribution in [3.63, 3.8) is 0 Å². The lowest BCUT2D eigenvalue weighted by molar-refractivity contribution is -0.131. The zero-order valence-electron chi connectivity index (χ0n) is 11.2. The molecule has 1 aromatic rings. The Morgan fingerprint density at radius 1 is 1.17 bits per heavy atom. The van der Waals surface area contributed by atoms with Crippen LogP contribution in [0.5, 0.6) is 0 Å². The van der Waals surface area contributed by atoms with E-state index in [0.29, 0.717) is 5.56 Å². The van der Waals surface area contributed by atoms with E-state index < -0.39 is 5.97 Å². The molecule has 96 valence electrons. The van der Waals surface area contributed by atoms with E-state index in [-0.39, 0.29) is 11.2 Å². The molecule has 0 fully saturated rings. The molecule has 3 nitrogen and oxygen atoms in total. The van der Waals surface area contributed by atoms with E-state index in [4.69, 9.17) is 5.11 Å². The highest BCUT2D eigenvalue weighted by Crippen LogP contribution is 2.24. The summed E-state index contributed by atoms with van der Waals surface area (Å²) < 4.78 is 0. The molecule has 1 N–H and O–H groups in total. The zero-order valence-corrected chi connectivity index (χ0v) is 11.2. The Morgan fingerprint density at radius 3 is 2.28 bits per heavy atom. The highest BCUT2D eigenvalue weighted by atomic mass is 16.4. The highest BCUT2D eigenvalue weighted by molar-refractivity contribution is 6.07. The second kappa shape index (κ2) is 5.17. The summed E-state index contributed by atoms with van der Waals surface area (Å²) in [5.41, 5.74) is 2.42. The van der Waals surface area contributed by atoms with Gasteiger partial charge < -0.3 is 5.11 Å². The fourth-order valence-corrected chi connectivity index (χ4v) is 1.59. The summed E-state index contributed by atoms with van der Waals surface area (Å²) in [7, 11) is 0. The Morgan fingerprint density at radius 2 is 1.78 bits per heavy atom. The Kier molecular flexibility index (Phi) is 4.07. The minimum atomic E-state index is -1.12. The molecule has 3 heteroatoms. The van der Waals surface area contributed by atoms with E-state index in [0.717, 1.165) is 23.3 Å². The maximum absolute atomic E-state index is 11.9. The first-order valence-electron chi connectivity index (χ1n) is 5.78. The van der Waals surface area contributed by atoms with Gasteiger partial charge in [-0.3, -0.25) is 4.79 Å². The molecule has 0 aliphatic heterocycles. The summed E-state index contributed by atoms with van der Waals surface area (Å²) in [5, 5.41) is 8.52. The van der Waals surface area contributed by atoms with Crippen molar-refractivity contribution in [1.82, 2.24) is 0 Å². The summed E-state index contributed by atoms with van der Waals surface area (Å²) in [6, 6.07) is 5.72. The first-order chi connectivity index (χ1) is 8.21. The van der Waals surface area contributed by atoms with Crippen molar-refractivity contribution >= 4 is 11.8 Å². The van der Waals surface area contributed by atoms with E-state index in [1.54, 1.807) is 0 Å². The highest BCUT2D eigenvalue weighted by Gasteiger charge is 2.16. The van der Waals surface area contributed by atoms with Crippen LogP contribution in [0.2, 0.25) is 0 Å². The maximum atomic E-state index is 11.9. The number of aliphatic carboxylic acids is 1. The third kappa shape index (κ3) is 3.55.